The molecule has 0 aromatic carbocycles. The lowest BCUT2D eigenvalue weighted by Crippen LogP contribution is -2.32. The van der Waals surface area contributed by atoms with Gasteiger partial charge in [-0.05, 0) is 13.8 Å². The number of carboxylic acid groups (broad SMARTS) is 1. The third-order valence-corrected chi connectivity index (χ3v) is 4.30. The van der Waals surface area contributed by atoms with E-state index in [9.17, 15) is 13.2 Å². The van der Waals surface area contributed by atoms with Gasteiger partial charge in [0.05, 0.1) is 17.8 Å². The first-order valence-electron chi connectivity index (χ1n) is 5.61. The number of aryl methyl sites for hydroxylation is 2. The van der Waals surface area contributed by atoms with E-state index >= 15 is 0 Å². The van der Waals surface area contributed by atoms with Crippen molar-refractivity contribution in [2.24, 2.45) is 5.92 Å². The van der Waals surface area contributed by atoms with Crippen LogP contribution in [0.4, 0.5) is 0 Å². The number of carboxylic acids is 1. The second-order valence-electron chi connectivity index (χ2n) is 4.26. The van der Waals surface area contributed by atoms with Crippen LogP contribution >= 0.6 is 0 Å². The fourth-order valence-corrected chi connectivity index (χ4v) is 3.17. The van der Waals surface area contributed by atoms with Crippen LogP contribution in [-0.2, 0) is 14.8 Å². The first-order chi connectivity index (χ1) is 8.77. The minimum atomic E-state index is -3.77. The zero-order valence-corrected chi connectivity index (χ0v) is 11.5. The zero-order chi connectivity index (χ0) is 14.6. The highest BCUT2D eigenvalue weighted by Crippen LogP contribution is 2.16. The Kier molecular flexibility index (Phi) is 5.04. The van der Waals surface area contributed by atoms with Gasteiger partial charge in [0.25, 0.3) is 0 Å². The highest BCUT2D eigenvalue weighted by Gasteiger charge is 2.23. The van der Waals surface area contributed by atoms with Gasteiger partial charge in [-0.3, -0.25) is 9.89 Å². The van der Waals surface area contributed by atoms with Gasteiger partial charge >= 0.3 is 5.97 Å². The maximum Gasteiger partial charge on any atom is 0.303 e. The Bertz CT molecular complexity index is 532. The molecule has 1 rings (SSSR count). The SMILES string of the molecule is Cc1n[nH]c(C)c1S(=O)(=O)NCC(CO)CC(=O)O. The minimum absolute atomic E-state index is 0.0551. The van der Waals surface area contributed by atoms with Gasteiger partial charge in [0.2, 0.25) is 10.0 Å². The van der Waals surface area contributed by atoms with E-state index in [4.69, 9.17) is 10.2 Å². The summed E-state index contributed by atoms with van der Waals surface area (Å²) in [5.41, 5.74) is 0.743. The molecular weight excluding hydrogens is 274 g/mol. The smallest absolute Gasteiger partial charge is 0.303 e. The second-order valence-corrected chi connectivity index (χ2v) is 5.97. The van der Waals surface area contributed by atoms with Crippen molar-refractivity contribution in [1.82, 2.24) is 14.9 Å². The van der Waals surface area contributed by atoms with Gasteiger partial charge in [-0.25, -0.2) is 13.1 Å². The molecule has 0 aliphatic heterocycles. The van der Waals surface area contributed by atoms with Crippen LogP contribution in [-0.4, -0.2) is 47.9 Å². The number of hydrogen-bond donors (Lipinski definition) is 4. The molecule has 0 aliphatic rings. The predicted octanol–water partition coefficient (Wildman–Crippen LogP) is -0.612. The topological polar surface area (TPSA) is 132 Å². The van der Waals surface area contributed by atoms with Gasteiger partial charge in [-0.1, -0.05) is 0 Å². The number of carbonyl (C=O) groups is 1. The Morgan fingerprint density at radius 2 is 2.11 bits per heavy atom. The monoisotopic (exact) mass is 291 g/mol. The standard InChI is InChI=1S/C10H17N3O5S/c1-6-10(7(2)13-12-6)19(17,18)11-4-8(5-14)3-9(15)16/h8,11,14H,3-5H2,1-2H3,(H,12,13)(H,15,16). The molecule has 1 unspecified atom stereocenters. The maximum atomic E-state index is 12.0. The van der Waals surface area contributed by atoms with Crippen LogP contribution in [0.1, 0.15) is 17.8 Å². The summed E-state index contributed by atoms with van der Waals surface area (Å²) in [7, 11) is -3.77. The van der Waals surface area contributed by atoms with E-state index in [-0.39, 0.29) is 17.9 Å². The molecule has 4 N–H and O–H groups in total. The number of nitrogens with zero attached hydrogens (tertiary/aromatic N) is 1. The van der Waals surface area contributed by atoms with Crippen LogP contribution in [0.3, 0.4) is 0 Å². The summed E-state index contributed by atoms with van der Waals surface area (Å²) in [6, 6.07) is 0. The van der Waals surface area contributed by atoms with E-state index in [0.29, 0.717) is 11.4 Å². The molecular formula is C10H17N3O5S. The largest absolute Gasteiger partial charge is 0.481 e. The normalized spacial score (nSPS) is 13.4. The van der Waals surface area contributed by atoms with Gasteiger partial charge in [-0.2, -0.15) is 5.10 Å². The summed E-state index contributed by atoms with van der Waals surface area (Å²) >= 11 is 0. The lowest BCUT2D eigenvalue weighted by Gasteiger charge is -2.13. The van der Waals surface area contributed by atoms with Crippen LogP contribution in [0.5, 0.6) is 0 Å². The number of aliphatic carboxylic acids is 1. The van der Waals surface area contributed by atoms with Crippen molar-refractivity contribution in [3.8, 4) is 0 Å². The minimum Gasteiger partial charge on any atom is -0.481 e. The van der Waals surface area contributed by atoms with Crippen molar-refractivity contribution < 1.29 is 23.4 Å². The van der Waals surface area contributed by atoms with Gasteiger partial charge in [0.15, 0.2) is 0 Å². The lowest BCUT2D eigenvalue weighted by molar-refractivity contribution is -0.138. The average Bonchev–Trinajstić information content (AvgIpc) is 2.64. The molecule has 1 atom stereocenters. The molecule has 0 bridgehead atoms. The summed E-state index contributed by atoms with van der Waals surface area (Å²) in [4.78, 5) is 10.6. The van der Waals surface area contributed by atoms with Crippen molar-refractivity contribution >= 4 is 16.0 Å². The van der Waals surface area contributed by atoms with Crippen molar-refractivity contribution in [2.75, 3.05) is 13.2 Å². The Morgan fingerprint density at radius 3 is 2.53 bits per heavy atom. The predicted molar refractivity (Wildman–Crippen MR) is 66.1 cm³/mol. The Morgan fingerprint density at radius 1 is 1.47 bits per heavy atom. The van der Waals surface area contributed by atoms with Gasteiger partial charge in [0, 0.05) is 19.1 Å². The summed E-state index contributed by atoms with van der Waals surface area (Å²) in [5.74, 6) is -1.76. The van der Waals surface area contributed by atoms with E-state index in [1.165, 1.54) is 0 Å². The van der Waals surface area contributed by atoms with Crippen molar-refractivity contribution in [3.63, 3.8) is 0 Å². The Balaban J connectivity index is 2.78. The first kappa shape index (κ1) is 15.6. The van der Waals surface area contributed by atoms with E-state index in [1.807, 2.05) is 0 Å². The van der Waals surface area contributed by atoms with Gasteiger partial charge in [0.1, 0.15) is 4.90 Å². The summed E-state index contributed by atoms with van der Waals surface area (Å²) < 4.78 is 26.4. The molecule has 0 fully saturated rings. The van der Waals surface area contributed by atoms with Gasteiger partial charge < -0.3 is 10.2 Å². The van der Waals surface area contributed by atoms with Crippen LogP contribution < -0.4 is 4.72 Å². The molecule has 0 saturated heterocycles. The quantitative estimate of drug-likeness (QED) is 0.529. The molecule has 108 valence electrons. The van der Waals surface area contributed by atoms with Crippen LogP contribution in [0.15, 0.2) is 4.90 Å². The van der Waals surface area contributed by atoms with Crippen LogP contribution in [0.25, 0.3) is 0 Å². The number of aromatic nitrogens is 2. The van der Waals surface area contributed by atoms with Crippen LogP contribution in [0, 0.1) is 19.8 Å². The highest BCUT2D eigenvalue weighted by molar-refractivity contribution is 7.89. The molecule has 0 aliphatic carbocycles. The molecule has 0 spiro atoms. The third kappa shape index (κ3) is 4.01. The molecule has 1 heterocycles. The van der Waals surface area contributed by atoms with Crippen molar-refractivity contribution in [1.29, 1.82) is 0 Å². The molecule has 0 radical (unpaired) electrons. The summed E-state index contributed by atoms with van der Waals surface area (Å²) in [6.07, 6.45) is -0.303. The number of hydrogen-bond acceptors (Lipinski definition) is 5. The van der Waals surface area contributed by atoms with E-state index < -0.39 is 28.5 Å². The first-order valence-corrected chi connectivity index (χ1v) is 7.10. The maximum absolute atomic E-state index is 12.0. The fraction of sp³-hybridized carbons (Fsp3) is 0.600. The van der Waals surface area contributed by atoms with Crippen LogP contribution in [0.2, 0.25) is 0 Å². The number of rotatable bonds is 7. The Hall–Kier alpha value is -1.45. The molecule has 0 saturated carbocycles. The molecule has 8 nitrogen and oxygen atoms in total. The molecule has 0 amide bonds. The second kappa shape index (κ2) is 6.13. The fourth-order valence-electron chi connectivity index (χ4n) is 1.68. The molecule has 9 heteroatoms. The van der Waals surface area contributed by atoms with Crippen molar-refractivity contribution in [3.05, 3.63) is 11.4 Å². The summed E-state index contributed by atoms with van der Waals surface area (Å²) in [6.45, 7) is 2.58. The summed E-state index contributed by atoms with van der Waals surface area (Å²) in [5, 5.41) is 24.0. The zero-order valence-electron chi connectivity index (χ0n) is 10.7. The van der Waals surface area contributed by atoms with E-state index in [0.717, 1.165) is 0 Å². The molecule has 1 aromatic heterocycles. The number of H-pyrrole nitrogens is 1. The Labute approximate surface area is 110 Å². The van der Waals surface area contributed by atoms with E-state index in [2.05, 4.69) is 14.9 Å². The van der Waals surface area contributed by atoms with Crippen molar-refractivity contribution in [2.45, 2.75) is 25.2 Å². The number of nitrogens with one attached hydrogen (secondary N) is 2. The average molecular weight is 291 g/mol. The number of sulfonamides is 1. The van der Waals surface area contributed by atoms with E-state index in [1.54, 1.807) is 13.8 Å². The highest BCUT2D eigenvalue weighted by atomic mass is 32.2. The third-order valence-electron chi connectivity index (χ3n) is 2.61. The number of aliphatic hydroxyl groups is 1. The number of aliphatic hydroxyl groups excluding tert-OH is 1. The molecule has 1 aromatic rings. The molecule has 19 heavy (non-hydrogen) atoms. The lowest BCUT2D eigenvalue weighted by atomic mass is 10.1. The number of aromatic amines is 1. The van der Waals surface area contributed by atoms with Gasteiger partial charge in [-0.15, -0.1) is 0 Å².